The van der Waals surface area contributed by atoms with Crippen LogP contribution in [-0.2, 0) is 19.3 Å². The van der Waals surface area contributed by atoms with Gasteiger partial charge in [0.25, 0.3) is 5.91 Å². The van der Waals surface area contributed by atoms with Crippen molar-refractivity contribution in [3.8, 4) is 0 Å². The molecule has 1 heterocycles. The summed E-state index contributed by atoms with van der Waals surface area (Å²) in [6.45, 7) is 2.84. The van der Waals surface area contributed by atoms with Crippen molar-refractivity contribution >= 4 is 17.2 Å². The van der Waals surface area contributed by atoms with Crippen molar-refractivity contribution in [3.63, 3.8) is 0 Å². The summed E-state index contributed by atoms with van der Waals surface area (Å²) in [5.74, 6) is 0.515. The summed E-state index contributed by atoms with van der Waals surface area (Å²) < 4.78 is 12.8. The minimum Gasteiger partial charge on any atom is -0.352 e. The highest BCUT2D eigenvalue weighted by atomic mass is 32.1. The maximum absolute atomic E-state index is 12.8. The van der Waals surface area contributed by atoms with Crippen molar-refractivity contribution in [2.45, 2.75) is 32.6 Å². The van der Waals surface area contributed by atoms with E-state index in [0.29, 0.717) is 6.54 Å². The predicted octanol–water partition coefficient (Wildman–Crippen LogP) is 3.98. The van der Waals surface area contributed by atoms with Gasteiger partial charge in [0.15, 0.2) is 0 Å². The Balaban J connectivity index is 1.57. The molecule has 22 heavy (non-hydrogen) atoms. The van der Waals surface area contributed by atoms with Crippen LogP contribution in [0.25, 0.3) is 0 Å². The molecule has 1 atom stereocenters. The molecule has 0 radical (unpaired) electrons. The topological polar surface area (TPSA) is 29.1 Å². The SMILES string of the molecule is CC1CCc2c(C(=O)NCCc3ccc(F)cc3)csc2C1. The van der Waals surface area contributed by atoms with Crippen LogP contribution in [0.1, 0.15) is 39.7 Å². The Kier molecular flexibility index (Phi) is 4.57. The lowest BCUT2D eigenvalue weighted by Gasteiger charge is -2.18. The number of thiophene rings is 1. The summed E-state index contributed by atoms with van der Waals surface area (Å²) in [5, 5.41) is 4.98. The van der Waals surface area contributed by atoms with Crippen LogP contribution in [0.5, 0.6) is 0 Å². The fraction of sp³-hybridized carbons (Fsp3) is 0.389. The second-order valence-corrected chi connectivity index (χ2v) is 7.00. The van der Waals surface area contributed by atoms with Crippen LogP contribution in [0.4, 0.5) is 4.39 Å². The molecule has 2 aromatic rings. The van der Waals surface area contributed by atoms with Crippen LogP contribution in [0.2, 0.25) is 0 Å². The van der Waals surface area contributed by atoms with Crippen LogP contribution in [0.15, 0.2) is 29.6 Å². The van der Waals surface area contributed by atoms with Gasteiger partial charge in [-0.05, 0) is 54.9 Å². The van der Waals surface area contributed by atoms with Crippen LogP contribution in [0.3, 0.4) is 0 Å². The minimum absolute atomic E-state index is 0.0224. The van der Waals surface area contributed by atoms with Crippen molar-refractivity contribution in [1.29, 1.82) is 0 Å². The van der Waals surface area contributed by atoms with E-state index in [2.05, 4.69) is 12.2 Å². The number of carbonyl (C=O) groups excluding carboxylic acids is 1. The third kappa shape index (κ3) is 3.38. The molecule has 0 saturated carbocycles. The van der Waals surface area contributed by atoms with E-state index in [1.165, 1.54) is 29.0 Å². The highest BCUT2D eigenvalue weighted by Crippen LogP contribution is 2.32. The highest BCUT2D eigenvalue weighted by Gasteiger charge is 2.22. The van der Waals surface area contributed by atoms with Gasteiger partial charge in [-0.15, -0.1) is 11.3 Å². The first kappa shape index (κ1) is 15.2. The molecule has 4 heteroatoms. The van der Waals surface area contributed by atoms with E-state index in [0.717, 1.165) is 36.3 Å². The first-order chi connectivity index (χ1) is 10.6. The number of fused-ring (bicyclic) bond motifs is 1. The van der Waals surface area contributed by atoms with Crippen LogP contribution < -0.4 is 5.32 Å². The Morgan fingerprint density at radius 2 is 2.14 bits per heavy atom. The molecule has 3 rings (SSSR count). The molecule has 0 fully saturated rings. The van der Waals surface area contributed by atoms with E-state index in [-0.39, 0.29) is 11.7 Å². The van der Waals surface area contributed by atoms with Gasteiger partial charge >= 0.3 is 0 Å². The van der Waals surface area contributed by atoms with Gasteiger partial charge in [-0.25, -0.2) is 4.39 Å². The lowest BCUT2D eigenvalue weighted by atomic mass is 9.88. The fourth-order valence-electron chi connectivity index (χ4n) is 2.93. The van der Waals surface area contributed by atoms with Gasteiger partial charge in [0.05, 0.1) is 5.56 Å². The normalized spacial score (nSPS) is 17.1. The molecule has 2 nitrogen and oxygen atoms in total. The van der Waals surface area contributed by atoms with E-state index >= 15 is 0 Å². The smallest absolute Gasteiger partial charge is 0.252 e. The summed E-state index contributed by atoms with van der Waals surface area (Å²) in [5.41, 5.74) is 3.14. The fourth-order valence-corrected chi connectivity index (χ4v) is 4.18. The molecule has 0 bridgehead atoms. The Morgan fingerprint density at radius 3 is 2.91 bits per heavy atom. The summed E-state index contributed by atoms with van der Waals surface area (Å²) in [7, 11) is 0. The largest absolute Gasteiger partial charge is 0.352 e. The Labute approximate surface area is 134 Å². The standard InChI is InChI=1S/C18H20FNOS/c1-12-2-7-15-16(11-22-17(15)10-12)18(21)20-9-8-13-3-5-14(19)6-4-13/h3-6,11-12H,2,7-10H2,1H3,(H,20,21). The summed E-state index contributed by atoms with van der Waals surface area (Å²) in [6.07, 6.45) is 4.00. The first-order valence-corrected chi connectivity index (χ1v) is 8.63. The quantitative estimate of drug-likeness (QED) is 0.908. The van der Waals surface area contributed by atoms with E-state index in [1.807, 2.05) is 5.38 Å². The molecule has 1 aromatic heterocycles. The third-order valence-corrected chi connectivity index (χ3v) is 5.31. The molecule has 0 aliphatic heterocycles. The molecule has 1 aliphatic carbocycles. The Morgan fingerprint density at radius 1 is 1.36 bits per heavy atom. The average molecular weight is 317 g/mol. The third-order valence-electron chi connectivity index (χ3n) is 4.26. The first-order valence-electron chi connectivity index (χ1n) is 7.75. The van der Waals surface area contributed by atoms with E-state index in [9.17, 15) is 9.18 Å². The van der Waals surface area contributed by atoms with E-state index < -0.39 is 0 Å². The zero-order chi connectivity index (χ0) is 15.5. The van der Waals surface area contributed by atoms with Crippen molar-refractivity contribution in [2.24, 2.45) is 5.92 Å². The maximum atomic E-state index is 12.8. The Hall–Kier alpha value is -1.68. The number of amides is 1. The van der Waals surface area contributed by atoms with Gasteiger partial charge in [0, 0.05) is 16.8 Å². The van der Waals surface area contributed by atoms with Crippen molar-refractivity contribution in [2.75, 3.05) is 6.54 Å². The lowest BCUT2D eigenvalue weighted by molar-refractivity contribution is 0.0953. The zero-order valence-corrected chi connectivity index (χ0v) is 13.5. The summed E-state index contributed by atoms with van der Waals surface area (Å²) in [4.78, 5) is 13.7. The number of benzene rings is 1. The molecule has 1 amide bonds. The number of hydrogen-bond acceptors (Lipinski definition) is 2. The number of rotatable bonds is 4. The molecule has 1 N–H and O–H groups in total. The second kappa shape index (κ2) is 6.61. The molecule has 1 aliphatic rings. The molecule has 116 valence electrons. The maximum Gasteiger partial charge on any atom is 0.252 e. The van der Waals surface area contributed by atoms with Crippen LogP contribution in [0, 0.1) is 11.7 Å². The predicted molar refractivity (Wildman–Crippen MR) is 87.9 cm³/mol. The van der Waals surface area contributed by atoms with Crippen LogP contribution >= 0.6 is 11.3 Å². The average Bonchev–Trinajstić information content (AvgIpc) is 2.92. The van der Waals surface area contributed by atoms with Gasteiger partial charge in [-0.2, -0.15) is 0 Å². The molecular formula is C18H20FNOS. The summed E-state index contributed by atoms with van der Waals surface area (Å²) in [6, 6.07) is 6.42. The van der Waals surface area contributed by atoms with Crippen molar-refractivity contribution in [3.05, 3.63) is 57.0 Å². The molecular weight excluding hydrogens is 297 g/mol. The monoisotopic (exact) mass is 317 g/mol. The molecule has 1 aromatic carbocycles. The van der Waals surface area contributed by atoms with Gasteiger partial charge in [0.2, 0.25) is 0 Å². The van der Waals surface area contributed by atoms with Crippen molar-refractivity contribution in [1.82, 2.24) is 5.32 Å². The van der Waals surface area contributed by atoms with E-state index in [4.69, 9.17) is 0 Å². The summed E-state index contributed by atoms with van der Waals surface area (Å²) >= 11 is 1.71. The van der Waals surface area contributed by atoms with Crippen LogP contribution in [-0.4, -0.2) is 12.5 Å². The molecule has 1 unspecified atom stereocenters. The minimum atomic E-state index is -0.230. The lowest BCUT2D eigenvalue weighted by Crippen LogP contribution is -2.26. The van der Waals surface area contributed by atoms with Gasteiger partial charge in [-0.1, -0.05) is 19.1 Å². The zero-order valence-electron chi connectivity index (χ0n) is 12.7. The number of nitrogens with one attached hydrogen (secondary N) is 1. The number of carbonyl (C=O) groups is 1. The van der Waals surface area contributed by atoms with E-state index in [1.54, 1.807) is 23.5 Å². The second-order valence-electron chi connectivity index (χ2n) is 6.03. The highest BCUT2D eigenvalue weighted by molar-refractivity contribution is 7.10. The van der Waals surface area contributed by atoms with Crippen molar-refractivity contribution < 1.29 is 9.18 Å². The Bertz CT molecular complexity index is 662. The number of halogens is 1. The molecule has 0 spiro atoms. The molecule has 0 saturated heterocycles. The van der Waals surface area contributed by atoms with Gasteiger partial charge in [-0.3, -0.25) is 4.79 Å². The van der Waals surface area contributed by atoms with Gasteiger partial charge < -0.3 is 5.32 Å². The number of hydrogen-bond donors (Lipinski definition) is 1. The van der Waals surface area contributed by atoms with Gasteiger partial charge in [0.1, 0.15) is 5.82 Å².